The first-order valence-corrected chi connectivity index (χ1v) is 7.21. The number of rotatable bonds is 4. The highest BCUT2D eigenvalue weighted by atomic mass is 16.5. The van der Waals surface area contributed by atoms with E-state index in [1.807, 2.05) is 0 Å². The fourth-order valence-corrected chi connectivity index (χ4v) is 3.85. The van der Waals surface area contributed by atoms with Crippen LogP contribution in [-0.4, -0.2) is 41.4 Å². The van der Waals surface area contributed by atoms with Gasteiger partial charge in [-0.15, -0.1) is 0 Å². The van der Waals surface area contributed by atoms with Crippen LogP contribution in [0.3, 0.4) is 0 Å². The van der Waals surface area contributed by atoms with Crippen LogP contribution in [0.5, 0.6) is 0 Å². The van der Waals surface area contributed by atoms with Gasteiger partial charge in [0.25, 0.3) is 0 Å². The highest BCUT2D eigenvalue weighted by Gasteiger charge is 2.47. The molecule has 1 N–H and O–H groups in total. The van der Waals surface area contributed by atoms with Gasteiger partial charge in [-0.25, -0.2) is 0 Å². The van der Waals surface area contributed by atoms with Crippen LogP contribution in [0.15, 0.2) is 30.3 Å². The Kier molecular flexibility index (Phi) is 3.61. The lowest BCUT2D eigenvalue weighted by atomic mass is 9.86. The maximum absolute atomic E-state index is 10.6. The topological polar surface area (TPSA) is 32.7 Å². The molecule has 2 bridgehead atoms. The molecular weight excluding hydrogens is 238 g/mol. The van der Waals surface area contributed by atoms with Gasteiger partial charge in [-0.3, -0.25) is 4.90 Å². The monoisotopic (exact) mass is 261 g/mol. The molecule has 2 atom stereocenters. The van der Waals surface area contributed by atoms with Crippen LogP contribution in [0.1, 0.15) is 31.2 Å². The molecule has 104 valence electrons. The molecule has 2 unspecified atom stereocenters. The Morgan fingerprint density at radius 3 is 2.42 bits per heavy atom. The summed E-state index contributed by atoms with van der Waals surface area (Å²) in [6, 6.07) is 11.7. The van der Waals surface area contributed by atoms with Crippen LogP contribution in [0.25, 0.3) is 0 Å². The Balaban J connectivity index is 1.70. The Morgan fingerprint density at radius 1 is 1.21 bits per heavy atom. The van der Waals surface area contributed by atoms with Gasteiger partial charge in [0.2, 0.25) is 0 Å². The maximum Gasteiger partial charge on any atom is 0.0909 e. The number of methoxy groups -OCH3 is 1. The normalized spacial score (nSPS) is 34.6. The van der Waals surface area contributed by atoms with E-state index in [1.165, 1.54) is 18.4 Å². The van der Waals surface area contributed by atoms with Crippen LogP contribution in [0.2, 0.25) is 0 Å². The largest absolute Gasteiger partial charge is 0.387 e. The van der Waals surface area contributed by atoms with E-state index in [0.29, 0.717) is 18.7 Å². The molecule has 2 aliphatic rings. The summed E-state index contributed by atoms with van der Waals surface area (Å²) in [5.41, 5.74) is 0.768. The highest BCUT2D eigenvalue weighted by Crippen LogP contribution is 2.41. The summed E-state index contributed by atoms with van der Waals surface area (Å²) in [7, 11) is 1.68. The smallest absolute Gasteiger partial charge is 0.0909 e. The van der Waals surface area contributed by atoms with Crippen molar-refractivity contribution in [3.8, 4) is 0 Å². The van der Waals surface area contributed by atoms with Crippen LogP contribution in [0, 0.1) is 0 Å². The molecule has 1 aromatic carbocycles. The van der Waals surface area contributed by atoms with Gasteiger partial charge in [-0.05, 0) is 31.2 Å². The molecular formula is C16H23NO2. The van der Waals surface area contributed by atoms with Crippen molar-refractivity contribution in [2.24, 2.45) is 0 Å². The molecule has 1 aromatic rings. The molecule has 0 amide bonds. The minimum absolute atomic E-state index is 0.471. The van der Waals surface area contributed by atoms with Gasteiger partial charge in [-0.1, -0.05) is 30.3 Å². The van der Waals surface area contributed by atoms with Gasteiger partial charge in [0.15, 0.2) is 0 Å². The third-order valence-electron chi connectivity index (χ3n) is 4.62. The van der Waals surface area contributed by atoms with E-state index in [4.69, 9.17) is 4.74 Å². The van der Waals surface area contributed by atoms with Crippen molar-refractivity contribution < 1.29 is 9.84 Å². The fourth-order valence-electron chi connectivity index (χ4n) is 3.85. The first-order valence-electron chi connectivity index (χ1n) is 7.21. The summed E-state index contributed by atoms with van der Waals surface area (Å²) >= 11 is 0. The van der Waals surface area contributed by atoms with E-state index in [-0.39, 0.29) is 0 Å². The maximum atomic E-state index is 10.6. The zero-order valence-corrected chi connectivity index (χ0v) is 11.6. The average Bonchev–Trinajstić information content (AvgIpc) is 2.65. The molecule has 2 saturated heterocycles. The second kappa shape index (κ2) is 5.23. The highest BCUT2D eigenvalue weighted by molar-refractivity contribution is 5.16. The van der Waals surface area contributed by atoms with Crippen molar-refractivity contribution in [3.63, 3.8) is 0 Å². The van der Waals surface area contributed by atoms with Crippen LogP contribution >= 0.6 is 0 Å². The van der Waals surface area contributed by atoms with E-state index in [0.717, 1.165) is 19.4 Å². The number of piperidine rings is 1. The number of nitrogens with zero attached hydrogens (tertiary/aromatic N) is 1. The van der Waals surface area contributed by atoms with Gasteiger partial charge in [-0.2, -0.15) is 0 Å². The van der Waals surface area contributed by atoms with Crippen molar-refractivity contribution in [2.45, 2.75) is 49.9 Å². The van der Waals surface area contributed by atoms with Gasteiger partial charge in [0.1, 0.15) is 0 Å². The number of ether oxygens (including phenoxy) is 1. The molecule has 0 saturated carbocycles. The zero-order valence-electron chi connectivity index (χ0n) is 11.6. The number of hydrogen-bond donors (Lipinski definition) is 1. The van der Waals surface area contributed by atoms with E-state index in [2.05, 4.69) is 35.2 Å². The lowest BCUT2D eigenvalue weighted by Crippen LogP contribution is -2.52. The Morgan fingerprint density at radius 2 is 1.84 bits per heavy atom. The molecule has 0 aromatic heterocycles. The zero-order chi connectivity index (χ0) is 13.3. The number of fused-ring (bicyclic) bond motifs is 2. The summed E-state index contributed by atoms with van der Waals surface area (Å²) in [6.07, 6.45) is 4.13. The van der Waals surface area contributed by atoms with Crippen molar-refractivity contribution in [1.29, 1.82) is 0 Å². The molecule has 19 heavy (non-hydrogen) atoms. The SMILES string of the molecule is COCC1(O)CC2CCC(C1)N2Cc1ccccc1. The standard InChI is InChI=1S/C16H23NO2/c1-19-12-16(18)9-14-7-8-15(10-16)17(14)11-13-5-3-2-4-6-13/h2-6,14-15,18H,7-12H2,1H3. The van der Waals surface area contributed by atoms with Crippen LogP contribution in [-0.2, 0) is 11.3 Å². The lowest BCUT2D eigenvalue weighted by molar-refractivity contribution is -0.0939. The lowest BCUT2D eigenvalue weighted by Gasteiger charge is -2.43. The molecule has 2 fully saturated rings. The van der Waals surface area contributed by atoms with E-state index < -0.39 is 5.60 Å². The quantitative estimate of drug-likeness (QED) is 0.902. The number of aliphatic hydroxyl groups is 1. The average molecular weight is 261 g/mol. The summed E-state index contributed by atoms with van der Waals surface area (Å²) in [5, 5.41) is 10.6. The molecule has 3 nitrogen and oxygen atoms in total. The molecule has 2 aliphatic heterocycles. The van der Waals surface area contributed by atoms with E-state index >= 15 is 0 Å². The van der Waals surface area contributed by atoms with Crippen LogP contribution < -0.4 is 0 Å². The Bertz CT molecular complexity index is 406. The number of benzene rings is 1. The summed E-state index contributed by atoms with van der Waals surface area (Å²) < 4.78 is 5.19. The van der Waals surface area contributed by atoms with Gasteiger partial charge >= 0.3 is 0 Å². The second-order valence-corrected chi connectivity index (χ2v) is 6.11. The van der Waals surface area contributed by atoms with Crippen molar-refractivity contribution >= 4 is 0 Å². The predicted molar refractivity (Wildman–Crippen MR) is 74.9 cm³/mol. The second-order valence-electron chi connectivity index (χ2n) is 6.11. The van der Waals surface area contributed by atoms with Crippen molar-refractivity contribution in [2.75, 3.05) is 13.7 Å². The Labute approximate surface area is 115 Å². The van der Waals surface area contributed by atoms with Crippen LogP contribution in [0.4, 0.5) is 0 Å². The third-order valence-corrected chi connectivity index (χ3v) is 4.62. The first kappa shape index (κ1) is 13.1. The van der Waals surface area contributed by atoms with Gasteiger partial charge in [0.05, 0.1) is 12.2 Å². The first-order chi connectivity index (χ1) is 9.20. The number of hydrogen-bond acceptors (Lipinski definition) is 3. The molecule has 3 rings (SSSR count). The molecule has 2 heterocycles. The molecule has 0 spiro atoms. The minimum Gasteiger partial charge on any atom is -0.387 e. The van der Waals surface area contributed by atoms with E-state index in [9.17, 15) is 5.11 Å². The van der Waals surface area contributed by atoms with Gasteiger partial charge < -0.3 is 9.84 Å². The van der Waals surface area contributed by atoms with E-state index in [1.54, 1.807) is 7.11 Å². The minimum atomic E-state index is -0.603. The molecule has 0 aliphatic carbocycles. The summed E-state index contributed by atoms with van der Waals surface area (Å²) in [4.78, 5) is 2.58. The third kappa shape index (κ3) is 2.69. The summed E-state index contributed by atoms with van der Waals surface area (Å²) in [6.45, 7) is 1.48. The molecule has 3 heteroatoms. The van der Waals surface area contributed by atoms with Crippen molar-refractivity contribution in [1.82, 2.24) is 4.90 Å². The fraction of sp³-hybridized carbons (Fsp3) is 0.625. The van der Waals surface area contributed by atoms with Gasteiger partial charge in [0, 0.05) is 25.7 Å². The predicted octanol–water partition coefficient (Wildman–Crippen LogP) is 2.19. The Hall–Kier alpha value is -0.900. The molecule has 0 radical (unpaired) electrons. The summed E-state index contributed by atoms with van der Waals surface area (Å²) in [5.74, 6) is 0. The van der Waals surface area contributed by atoms with Crippen molar-refractivity contribution in [3.05, 3.63) is 35.9 Å².